The molecule has 1 aliphatic heterocycles. The zero-order valence-corrected chi connectivity index (χ0v) is 17.6. The molecule has 0 aromatic rings. The third-order valence-electron chi connectivity index (χ3n) is 4.23. The summed E-state index contributed by atoms with van der Waals surface area (Å²) in [5, 5.41) is 0. The first-order chi connectivity index (χ1) is 10.5. The molecule has 136 valence electrons. The van der Waals surface area contributed by atoms with Gasteiger partial charge in [0.05, 0.1) is 17.8 Å². The van der Waals surface area contributed by atoms with E-state index in [9.17, 15) is 4.79 Å². The molecule has 1 heterocycles. The number of methoxy groups -OCH3 is 1. The van der Waals surface area contributed by atoms with Crippen LogP contribution in [-0.4, -0.2) is 59.0 Å². The van der Waals surface area contributed by atoms with Crippen molar-refractivity contribution in [2.24, 2.45) is 0 Å². The van der Waals surface area contributed by atoms with E-state index in [1.807, 2.05) is 20.8 Å². The number of amides is 1. The van der Waals surface area contributed by atoms with Crippen LogP contribution in [0.2, 0.25) is 0 Å². The van der Waals surface area contributed by atoms with Crippen molar-refractivity contribution in [3.05, 3.63) is 0 Å². The van der Waals surface area contributed by atoms with Gasteiger partial charge < -0.3 is 19.1 Å². The summed E-state index contributed by atoms with van der Waals surface area (Å²) in [6.07, 6.45) is 2.34. The second-order valence-electron chi connectivity index (χ2n) is 7.85. The number of hydrogen-bond acceptors (Lipinski definition) is 4. The van der Waals surface area contributed by atoms with Crippen molar-refractivity contribution in [1.82, 2.24) is 4.90 Å². The summed E-state index contributed by atoms with van der Waals surface area (Å²) in [6.45, 7) is 11.9. The number of alkyl halides is 1. The normalized spacial score (nSPS) is 18.8. The molecule has 1 amide bonds. The summed E-state index contributed by atoms with van der Waals surface area (Å²) >= 11 is 2.39. The zero-order chi connectivity index (χ0) is 17.7. The molecule has 0 aromatic carbocycles. The quantitative estimate of drug-likeness (QED) is 0.462. The third kappa shape index (κ3) is 7.13. The molecule has 5 nitrogen and oxygen atoms in total. The van der Waals surface area contributed by atoms with Gasteiger partial charge in [-0.05, 0) is 53.9 Å². The maximum absolute atomic E-state index is 12.1. The van der Waals surface area contributed by atoms with Crippen LogP contribution in [0.5, 0.6) is 0 Å². The number of halogens is 1. The number of carbonyl (C=O) groups excluding carboxylic acids is 1. The Bertz CT molecular complexity index is 385. The Labute approximate surface area is 154 Å². The SMILES string of the molecule is COC(C)(C)CCOC1(CI)CCN(C(=O)OC(C)(C)C)CC1. The summed E-state index contributed by atoms with van der Waals surface area (Å²) in [6, 6.07) is 0. The number of piperidine rings is 1. The second kappa shape index (κ2) is 8.34. The number of ether oxygens (including phenoxy) is 3. The summed E-state index contributed by atoms with van der Waals surface area (Å²) in [5.74, 6) is 0. The Morgan fingerprint density at radius 1 is 1.17 bits per heavy atom. The first-order valence-electron chi connectivity index (χ1n) is 8.26. The van der Waals surface area contributed by atoms with Crippen molar-refractivity contribution in [3.8, 4) is 0 Å². The number of likely N-dealkylation sites (tertiary alicyclic amines) is 1. The highest BCUT2D eigenvalue weighted by Crippen LogP contribution is 2.30. The van der Waals surface area contributed by atoms with Gasteiger partial charge in [-0.1, -0.05) is 22.6 Å². The molecule has 0 radical (unpaired) electrons. The highest BCUT2D eigenvalue weighted by Gasteiger charge is 2.37. The van der Waals surface area contributed by atoms with Crippen molar-refractivity contribution >= 4 is 28.7 Å². The molecular weight excluding hydrogens is 409 g/mol. The molecule has 23 heavy (non-hydrogen) atoms. The van der Waals surface area contributed by atoms with Crippen LogP contribution in [0.25, 0.3) is 0 Å². The van der Waals surface area contributed by atoms with Crippen molar-refractivity contribution in [3.63, 3.8) is 0 Å². The lowest BCUT2D eigenvalue weighted by atomic mass is 9.93. The molecular formula is C17H32INO4. The minimum atomic E-state index is -0.447. The van der Waals surface area contributed by atoms with Gasteiger partial charge in [0.1, 0.15) is 5.60 Å². The van der Waals surface area contributed by atoms with Crippen LogP contribution in [0, 0.1) is 0 Å². The summed E-state index contributed by atoms with van der Waals surface area (Å²) in [4.78, 5) is 13.9. The van der Waals surface area contributed by atoms with Crippen LogP contribution in [0.3, 0.4) is 0 Å². The van der Waals surface area contributed by atoms with Gasteiger partial charge in [-0.2, -0.15) is 0 Å². The van der Waals surface area contributed by atoms with Gasteiger partial charge in [0.25, 0.3) is 0 Å². The summed E-state index contributed by atoms with van der Waals surface area (Å²) < 4.78 is 18.0. The number of carbonyl (C=O) groups is 1. The molecule has 0 aliphatic carbocycles. The Morgan fingerprint density at radius 2 is 1.74 bits per heavy atom. The van der Waals surface area contributed by atoms with Crippen LogP contribution in [-0.2, 0) is 14.2 Å². The van der Waals surface area contributed by atoms with E-state index in [1.165, 1.54) is 0 Å². The summed E-state index contributed by atoms with van der Waals surface area (Å²) in [7, 11) is 1.73. The van der Waals surface area contributed by atoms with E-state index < -0.39 is 5.60 Å². The predicted octanol–water partition coefficient (Wildman–Crippen LogP) is 4.02. The van der Waals surface area contributed by atoms with Gasteiger partial charge in [0.15, 0.2) is 0 Å². The Hall–Kier alpha value is -0.0800. The van der Waals surface area contributed by atoms with Crippen molar-refractivity contribution in [2.75, 3.05) is 31.2 Å². The van der Waals surface area contributed by atoms with Gasteiger partial charge in [-0.25, -0.2) is 4.79 Å². The van der Waals surface area contributed by atoms with Crippen LogP contribution in [0.1, 0.15) is 53.9 Å². The number of hydrogen-bond donors (Lipinski definition) is 0. The first kappa shape index (κ1) is 21.0. The largest absolute Gasteiger partial charge is 0.444 e. The first-order valence-corrected chi connectivity index (χ1v) is 9.78. The van der Waals surface area contributed by atoms with E-state index in [-0.39, 0.29) is 17.3 Å². The minimum Gasteiger partial charge on any atom is -0.444 e. The fourth-order valence-electron chi connectivity index (χ4n) is 2.36. The highest BCUT2D eigenvalue weighted by molar-refractivity contribution is 14.1. The molecule has 1 fully saturated rings. The van der Waals surface area contributed by atoms with E-state index in [0.717, 1.165) is 23.7 Å². The maximum atomic E-state index is 12.1. The Balaban J connectivity index is 2.48. The average Bonchev–Trinajstić information content (AvgIpc) is 2.46. The van der Waals surface area contributed by atoms with E-state index >= 15 is 0 Å². The molecule has 0 aromatic heterocycles. The molecule has 1 rings (SSSR count). The molecule has 0 saturated carbocycles. The molecule has 1 aliphatic rings. The van der Waals surface area contributed by atoms with E-state index in [4.69, 9.17) is 14.2 Å². The Morgan fingerprint density at radius 3 is 2.17 bits per heavy atom. The van der Waals surface area contributed by atoms with Crippen LogP contribution in [0.15, 0.2) is 0 Å². The third-order valence-corrected chi connectivity index (χ3v) is 5.63. The van der Waals surface area contributed by atoms with Gasteiger partial charge in [0, 0.05) is 24.6 Å². The Kier molecular flexibility index (Phi) is 7.60. The van der Waals surface area contributed by atoms with Crippen molar-refractivity contribution in [1.29, 1.82) is 0 Å². The number of rotatable bonds is 6. The second-order valence-corrected chi connectivity index (χ2v) is 8.61. The summed E-state index contributed by atoms with van der Waals surface area (Å²) in [5.41, 5.74) is -0.746. The molecule has 0 atom stereocenters. The molecule has 0 N–H and O–H groups in total. The molecule has 0 bridgehead atoms. The number of nitrogens with zero attached hydrogens (tertiary/aromatic N) is 1. The molecule has 0 spiro atoms. The van der Waals surface area contributed by atoms with Gasteiger partial charge in [0.2, 0.25) is 0 Å². The molecule has 1 saturated heterocycles. The van der Waals surface area contributed by atoms with Crippen molar-refractivity contribution in [2.45, 2.75) is 70.7 Å². The maximum Gasteiger partial charge on any atom is 0.410 e. The zero-order valence-electron chi connectivity index (χ0n) is 15.4. The predicted molar refractivity (Wildman–Crippen MR) is 100 cm³/mol. The van der Waals surface area contributed by atoms with E-state index in [2.05, 4.69) is 36.4 Å². The van der Waals surface area contributed by atoms with Crippen LogP contribution in [0.4, 0.5) is 4.79 Å². The smallest absolute Gasteiger partial charge is 0.410 e. The van der Waals surface area contributed by atoms with Crippen LogP contribution >= 0.6 is 22.6 Å². The topological polar surface area (TPSA) is 48.0 Å². The standard InChI is InChI=1S/C17H32INO4/c1-15(2,3)23-14(20)19-10-7-17(13-18,8-11-19)22-12-9-16(4,5)21-6/h7-13H2,1-6H3. The lowest BCUT2D eigenvalue weighted by Crippen LogP contribution is -2.50. The molecule has 6 heteroatoms. The fraction of sp³-hybridized carbons (Fsp3) is 0.941. The van der Waals surface area contributed by atoms with E-state index in [0.29, 0.717) is 19.7 Å². The van der Waals surface area contributed by atoms with Crippen molar-refractivity contribution < 1.29 is 19.0 Å². The lowest BCUT2D eigenvalue weighted by Gasteiger charge is -2.41. The van der Waals surface area contributed by atoms with Crippen LogP contribution < -0.4 is 0 Å². The van der Waals surface area contributed by atoms with Gasteiger partial charge in [-0.15, -0.1) is 0 Å². The average molecular weight is 441 g/mol. The van der Waals surface area contributed by atoms with E-state index in [1.54, 1.807) is 12.0 Å². The fourth-order valence-corrected chi connectivity index (χ4v) is 3.34. The minimum absolute atomic E-state index is 0.136. The molecule has 0 unspecified atom stereocenters. The lowest BCUT2D eigenvalue weighted by molar-refractivity contribution is -0.0875. The monoisotopic (exact) mass is 441 g/mol. The van der Waals surface area contributed by atoms with Gasteiger partial charge in [-0.3, -0.25) is 0 Å². The highest BCUT2D eigenvalue weighted by atomic mass is 127. The van der Waals surface area contributed by atoms with Gasteiger partial charge >= 0.3 is 6.09 Å².